The van der Waals surface area contributed by atoms with Gasteiger partial charge in [-0.3, -0.25) is 0 Å². The molecule has 1 N–H and O–H groups in total. The Morgan fingerprint density at radius 3 is 2.50 bits per heavy atom. The maximum absolute atomic E-state index is 8.53. The Bertz CT molecular complexity index is 174. The number of rotatable bonds is 3. The quantitative estimate of drug-likeness (QED) is 0.672. The van der Waals surface area contributed by atoms with E-state index in [1.54, 1.807) is 0 Å². The predicted molar refractivity (Wildman–Crippen MR) is 43.0 cm³/mol. The van der Waals surface area contributed by atoms with Crippen molar-refractivity contribution in [2.24, 2.45) is 0 Å². The van der Waals surface area contributed by atoms with Crippen molar-refractivity contribution in [1.82, 2.24) is 0 Å². The zero-order valence-electron chi connectivity index (χ0n) is 6.96. The van der Waals surface area contributed by atoms with Crippen LogP contribution < -0.4 is 0 Å². The average Bonchev–Trinajstić information content (AvgIpc) is 2.03. The lowest BCUT2D eigenvalue weighted by Crippen LogP contribution is -1.87. The molecule has 1 aromatic carbocycles. The summed E-state index contributed by atoms with van der Waals surface area (Å²) in [6.45, 7) is 0.287. The molecule has 0 heterocycles. The summed E-state index contributed by atoms with van der Waals surface area (Å²) in [7, 11) is 0. The molecule has 0 fully saturated rings. The minimum absolute atomic E-state index is 0. The smallest absolute Gasteiger partial charge is 0.396 e. The number of hydrogen-bond acceptors (Lipinski definition) is 1. The van der Waals surface area contributed by atoms with Crippen molar-refractivity contribution in [1.29, 1.82) is 0 Å². The highest BCUT2D eigenvalue weighted by atomic mass is 16.2. The fourth-order valence-corrected chi connectivity index (χ4v) is 0.928. The molecule has 0 bridgehead atoms. The van der Waals surface area contributed by atoms with Crippen LogP contribution in [0.2, 0.25) is 0 Å². The van der Waals surface area contributed by atoms with Crippen molar-refractivity contribution in [3.63, 3.8) is 0 Å². The summed E-state index contributed by atoms with van der Waals surface area (Å²) in [5, 5.41) is 8.53. The molecule has 0 atom stereocenters. The van der Waals surface area contributed by atoms with Gasteiger partial charge in [0, 0.05) is 6.61 Å². The van der Waals surface area contributed by atoms with Gasteiger partial charge in [-0.1, -0.05) is 30.3 Å². The summed E-state index contributed by atoms with van der Waals surface area (Å²) < 4.78 is 0. The molecule has 1 nitrogen and oxygen atoms in total. The molecule has 0 radical (unpaired) electrons. The van der Waals surface area contributed by atoms with E-state index in [1.165, 1.54) is 5.56 Å². The van der Waals surface area contributed by atoms with Crippen LogP contribution in [-0.2, 0) is 6.42 Å². The third-order valence-corrected chi connectivity index (χ3v) is 1.47. The van der Waals surface area contributed by atoms with E-state index in [-0.39, 0.29) is 8.03 Å². The van der Waals surface area contributed by atoms with Crippen LogP contribution >= 0.6 is 0 Å². The van der Waals surface area contributed by atoms with Crippen LogP contribution in [0.5, 0.6) is 0 Å². The predicted octanol–water partition coefficient (Wildman–Crippen LogP) is 1.72. The topological polar surface area (TPSA) is 20.2 Å². The van der Waals surface area contributed by atoms with Gasteiger partial charge in [0.25, 0.3) is 0 Å². The molecule has 1 rings (SSSR count). The maximum atomic E-state index is 8.53. The molecule has 54 valence electrons. The Labute approximate surface area is 62.8 Å². The van der Waals surface area contributed by atoms with Gasteiger partial charge in [-0.25, -0.2) is 0 Å². The Morgan fingerprint density at radius 2 is 1.90 bits per heavy atom. The first-order valence-corrected chi connectivity index (χ1v) is 3.58. The zero-order valence-corrected chi connectivity index (χ0v) is 5.96. The highest BCUT2D eigenvalue weighted by Crippen LogP contribution is 2.00. The van der Waals surface area contributed by atoms with E-state index in [9.17, 15) is 0 Å². The van der Waals surface area contributed by atoms with Crippen LogP contribution in [0.4, 0.5) is 0 Å². The van der Waals surface area contributed by atoms with Gasteiger partial charge in [0.15, 0.2) is 0 Å². The standard InChI is InChI=1S/C9H12O/c10-8-4-7-9-5-2-1-3-6-9/h1-3,5-6,10H,4,7-8H2/p+1. The van der Waals surface area contributed by atoms with Gasteiger partial charge in [-0.15, -0.1) is 0 Å². The third kappa shape index (κ3) is 2.19. The largest absolute Gasteiger partial charge is 1.00 e. The Kier molecular flexibility index (Phi) is 2.97. The normalized spacial score (nSPS) is 9.70. The first-order chi connectivity index (χ1) is 4.93. The average molecular weight is 137 g/mol. The lowest BCUT2D eigenvalue weighted by atomic mass is 10.1. The van der Waals surface area contributed by atoms with Gasteiger partial charge in [-0.05, 0) is 18.4 Å². The number of aliphatic hydroxyl groups excluding tert-OH is 1. The fourth-order valence-electron chi connectivity index (χ4n) is 0.928. The van der Waals surface area contributed by atoms with E-state index >= 15 is 0 Å². The van der Waals surface area contributed by atoms with Crippen molar-refractivity contribution in [3.8, 4) is 0 Å². The highest BCUT2D eigenvalue weighted by Gasteiger charge is 1.87. The van der Waals surface area contributed by atoms with Crippen LogP contribution in [0, 0.1) is 0 Å². The van der Waals surface area contributed by atoms with Crippen LogP contribution in [-0.4, -0.2) is 11.7 Å². The molecule has 0 saturated heterocycles. The van der Waals surface area contributed by atoms with Crippen molar-refractivity contribution in [2.75, 3.05) is 6.61 Å². The molecular weight excluding hydrogens is 124 g/mol. The summed E-state index contributed by atoms with van der Waals surface area (Å²) in [5.41, 5.74) is 1.30. The molecule has 1 heteroatoms. The Morgan fingerprint density at radius 1 is 1.20 bits per heavy atom. The molecule has 10 heavy (non-hydrogen) atoms. The van der Waals surface area contributed by atoms with Crippen LogP contribution in [0.1, 0.15) is 13.4 Å². The number of benzene rings is 1. The fraction of sp³-hybridized carbons (Fsp3) is 0.333. The first-order valence-electron chi connectivity index (χ1n) is 3.58. The molecule has 0 aromatic heterocycles. The van der Waals surface area contributed by atoms with E-state index < -0.39 is 0 Å². The van der Waals surface area contributed by atoms with E-state index in [4.69, 9.17) is 5.11 Å². The van der Waals surface area contributed by atoms with Gasteiger partial charge in [-0.2, -0.15) is 0 Å². The van der Waals surface area contributed by atoms with Crippen LogP contribution in [0.3, 0.4) is 0 Å². The van der Waals surface area contributed by atoms with Crippen molar-refractivity contribution in [2.45, 2.75) is 12.8 Å². The molecule has 0 unspecified atom stereocenters. The van der Waals surface area contributed by atoms with Crippen molar-refractivity contribution < 1.29 is 6.53 Å². The van der Waals surface area contributed by atoms with Crippen LogP contribution in [0.15, 0.2) is 30.3 Å². The summed E-state index contributed by atoms with van der Waals surface area (Å²) in [4.78, 5) is 0. The van der Waals surface area contributed by atoms with Gasteiger partial charge >= 0.3 is 1.43 Å². The second-order valence-corrected chi connectivity index (χ2v) is 2.31. The van der Waals surface area contributed by atoms with E-state index in [1.807, 2.05) is 18.2 Å². The van der Waals surface area contributed by atoms with E-state index in [0.29, 0.717) is 0 Å². The second kappa shape index (κ2) is 4.07. The molecule has 0 saturated carbocycles. The minimum atomic E-state index is 0. The van der Waals surface area contributed by atoms with Gasteiger partial charge in [0.1, 0.15) is 0 Å². The Balaban J connectivity index is 0.000001000. The second-order valence-electron chi connectivity index (χ2n) is 2.31. The lowest BCUT2D eigenvalue weighted by Gasteiger charge is -1.96. The van der Waals surface area contributed by atoms with Crippen LogP contribution in [0.25, 0.3) is 0 Å². The summed E-state index contributed by atoms with van der Waals surface area (Å²) >= 11 is 0. The minimum Gasteiger partial charge on any atom is -0.396 e. The molecule has 1 aromatic rings. The molecule has 0 amide bonds. The molecular formula is C9H13O+. The SMILES string of the molecule is OCCCc1ccccc1.[H+]. The molecule has 0 aliphatic heterocycles. The summed E-state index contributed by atoms with van der Waals surface area (Å²) in [6.07, 6.45) is 1.85. The lowest BCUT2D eigenvalue weighted by molar-refractivity contribution is 0.288. The van der Waals surface area contributed by atoms with E-state index in [2.05, 4.69) is 12.1 Å². The zero-order chi connectivity index (χ0) is 7.23. The Hall–Kier alpha value is -0.820. The number of aryl methyl sites for hydroxylation is 1. The summed E-state index contributed by atoms with van der Waals surface area (Å²) in [6, 6.07) is 10.2. The molecule has 0 aliphatic rings. The van der Waals surface area contributed by atoms with Crippen molar-refractivity contribution >= 4 is 0 Å². The van der Waals surface area contributed by atoms with E-state index in [0.717, 1.165) is 12.8 Å². The highest BCUT2D eigenvalue weighted by molar-refractivity contribution is 5.14. The van der Waals surface area contributed by atoms with Crippen molar-refractivity contribution in [3.05, 3.63) is 35.9 Å². The molecule has 0 spiro atoms. The number of hydrogen-bond donors (Lipinski definition) is 1. The monoisotopic (exact) mass is 137 g/mol. The molecule has 0 aliphatic carbocycles. The van der Waals surface area contributed by atoms with Gasteiger partial charge in [0.05, 0.1) is 0 Å². The van der Waals surface area contributed by atoms with Gasteiger partial charge in [0.2, 0.25) is 0 Å². The summed E-state index contributed by atoms with van der Waals surface area (Å²) in [5.74, 6) is 0. The van der Waals surface area contributed by atoms with Gasteiger partial charge < -0.3 is 5.11 Å². The maximum Gasteiger partial charge on any atom is 1.00 e. The third-order valence-electron chi connectivity index (χ3n) is 1.47. The number of aliphatic hydroxyl groups is 1. The first kappa shape index (κ1) is 7.29.